The highest BCUT2D eigenvalue weighted by atomic mass is 35.5. The van der Waals surface area contributed by atoms with E-state index in [1.807, 2.05) is 24.5 Å². The van der Waals surface area contributed by atoms with Gasteiger partial charge in [-0.2, -0.15) is 4.99 Å². The SMILES string of the molecule is CCc1sc(=NC(=O)c2cccc([N+](=O)[O-])c2)n(CC)c1-c1ccc(Cl)c(Cl)c1. The molecule has 9 heteroatoms. The van der Waals surface area contributed by atoms with Gasteiger partial charge in [-0.25, -0.2) is 0 Å². The summed E-state index contributed by atoms with van der Waals surface area (Å²) in [6, 6.07) is 11.0. The fraction of sp³-hybridized carbons (Fsp3) is 0.200. The smallest absolute Gasteiger partial charge is 0.279 e. The standard InChI is InChI=1S/C20H17Cl2N3O3S/c1-3-17-18(12-8-9-15(21)16(22)11-12)24(4-2)20(29-17)23-19(26)13-6-5-7-14(10-13)25(27)28/h5-11H,3-4H2,1-2H3. The van der Waals surface area contributed by atoms with E-state index in [9.17, 15) is 14.9 Å². The molecule has 0 aliphatic heterocycles. The third kappa shape index (κ3) is 4.42. The number of nitro benzene ring substituents is 1. The van der Waals surface area contributed by atoms with Crippen LogP contribution in [-0.4, -0.2) is 15.4 Å². The topological polar surface area (TPSA) is 77.5 Å². The molecule has 0 spiro atoms. The number of benzene rings is 2. The highest BCUT2D eigenvalue weighted by molar-refractivity contribution is 7.09. The minimum atomic E-state index is -0.536. The third-order valence-electron chi connectivity index (χ3n) is 4.31. The van der Waals surface area contributed by atoms with Crippen LogP contribution >= 0.6 is 34.5 Å². The Morgan fingerprint density at radius 2 is 1.93 bits per heavy atom. The number of aryl methyl sites for hydroxylation is 1. The molecule has 150 valence electrons. The van der Waals surface area contributed by atoms with Crippen LogP contribution in [-0.2, 0) is 13.0 Å². The maximum atomic E-state index is 12.7. The van der Waals surface area contributed by atoms with Crippen molar-refractivity contribution in [2.75, 3.05) is 0 Å². The average Bonchev–Trinajstić information content (AvgIpc) is 3.07. The lowest BCUT2D eigenvalue weighted by Crippen LogP contribution is -2.17. The second kappa shape index (κ2) is 8.90. The summed E-state index contributed by atoms with van der Waals surface area (Å²) in [4.78, 5) is 28.9. The van der Waals surface area contributed by atoms with Crippen molar-refractivity contribution in [1.29, 1.82) is 0 Å². The van der Waals surface area contributed by atoms with Gasteiger partial charge in [0.15, 0.2) is 4.80 Å². The number of rotatable bonds is 5. The van der Waals surface area contributed by atoms with Gasteiger partial charge in [0.25, 0.3) is 11.6 Å². The van der Waals surface area contributed by atoms with Gasteiger partial charge in [0.2, 0.25) is 0 Å². The lowest BCUT2D eigenvalue weighted by molar-refractivity contribution is -0.384. The molecule has 0 atom stereocenters. The fourth-order valence-corrected chi connectivity index (χ4v) is 4.39. The largest absolute Gasteiger partial charge is 0.316 e. The van der Waals surface area contributed by atoms with Crippen LogP contribution in [0.15, 0.2) is 47.5 Å². The van der Waals surface area contributed by atoms with E-state index in [0.29, 0.717) is 21.4 Å². The van der Waals surface area contributed by atoms with E-state index in [-0.39, 0.29) is 11.3 Å². The number of nitrogens with zero attached hydrogens (tertiary/aromatic N) is 3. The van der Waals surface area contributed by atoms with E-state index >= 15 is 0 Å². The number of carbonyl (C=O) groups is 1. The molecule has 0 saturated carbocycles. The van der Waals surface area contributed by atoms with E-state index in [1.165, 1.54) is 35.6 Å². The maximum Gasteiger partial charge on any atom is 0.279 e. The van der Waals surface area contributed by atoms with Crippen LogP contribution in [0.5, 0.6) is 0 Å². The molecule has 3 rings (SSSR count). The van der Waals surface area contributed by atoms with Crippen molar-refractivity contribution < 1.29 is 9.72 Å². The lowest BCUT2D eigenvalue weighted by atomic mass is 10.1. The van der Waals surface area contributed by atoms with Gasteiger partial charge >= 0.3 is 0 Å². The summed E-state index contributed by atoms with van der Waals surface area (Å²) in [6.45, 7) is 4.58. The predicted octanol–water partition coefficient (Wildman–Crippen LogP) is 5.76. The summed E-state index contributed by atoms with van der Waals surface area (Å²) in [5.74, 6) is -0.527. The van der Waals surface area contributed by atoms with E-state index in [4.69, 9.17) is 23.2 Å². The van der Waals surface area contributed by atoms with Gasteiger partial charge in [-0.3, -0.25) is 14.9 Å². The first-order valence-electron chi connectivity index (χ1n) is 8.87. The molecule has 0 N–H and O–H groups in total. The summed E-state index contributed by atoms with van der Waals surface area (Å²) >= 11 is 13.7. The number of nitro groups is 1. The number of halogens is 2. The second-order valence-electron chi connectivity index (χ2n) is 6.11. The van der Waals surface area contributed by atoms with Crippen molar-refractivity contribution >= 4 is 46.1 Å². The van der Waals surface area contributed by atoms with Crippen molar-refractivity contribution in [3.8, 4) is 11.3 Å². The van der Waals surface area contributed by atoms with E-state index in [0.717, 1.165) is 22.6 Å². The van der Waals surface area contributed by atoms with Crippen LogP contribution in [0.3, 0.4) is 0 Å². The molecule has 0 fully saturated rings. The Morgan fingerprint density at radius 1 is 1.17 bits per heavy atom. The zero-order valence-corrected chi connectivity index (χ0v) is 18.0. The number of hydrogen-bond donors (Lipinski definition) is 0. The van der Waals surface area contributed by atoms with Gasteiger partial charge in [-0.1, -0.05) is 42.3 Å². The summed E-state index contributed by atoms with van der Waals surface area (Å²) in [5.41, 5.74) is 1.85. The number of non-ortho nitro benzene ring substituents is 1. The highest BCUT2D eigenvalue weighted by Gasteiger charge is 2.17. The zero-order valence-electron chi connectivity index (χ0n) is 15.7. The van der Waals surface area contributed by atoms with Crippen LogP contribution in [0, 0.1) is 10.1 Å². The molecule has 2 aromatic carbocycles. The summed E-state index contributed by atoms with van der Waals surface area (Å²) in [6.07, 6.45) is 0.751. The molecule has 0 saturated heterocycles. The Morgan fingerprint density at radius 3 is 2.55 bits per heavy atom. The molecule has 0 aliphatic rings. The third-order valence-corrected chi connectivity index (χ3v) is 6.27. The molecule has 29 heavy (non-hydrogen) atoms. The lowest BCUT2D eigenvalue weighted by Gasteiger charge is -2.09. The van der Waals surface area contributed by atoms with Crippen LogP contribution in [0.2, 0.25) is 10.0 Å². The molecule has 0 unspecified atom stereocenters. The fourth-order valence-electron chi connectivity index (χ4n) is 2.94. The Balaban J connectivity index is 2.14. The zero-order chi connectivity index (χ0) is 21.1. The maximum absolute atomic E-state index is 12.7. The summed E-state index contributed by atoms with van der Waals surface area (Å²) in [7, 11) is 0. The minimum absolute atomic E-state index is 0.147. The molecular weight excluding hydrogens is 433 g/mol. The number of aromatic nitrogens is 1. The minimum Gasteiger partial charge on any atom is -0.316 e. The molecule has 0 radical (unpaired) electrons. The first kappa shape index (κ1) is 21.2. The molecule has 6 nitrogen and oxygen atoms in total. The van der Waals surface area contributed by atoms with Crippen LogP contribution in [0.4, 0.5) is 5.69 Å². The van der Waals surface area contributed by atoms with Gasteiger partial charge in [0.1, 0.15) is 0 Å². The quantitative estimate of drug-likeness (QED) is 0.367. The molecule has 1 aromatic heterocycles. The van der Waals surface area contributed by atoms with E-state index < -0.39 is 10.8 Å². The van der Waals surface area contributed by atoms with Crippen molar-refractivity contribution in [2.24, 2.45) is 4.99 Å². The van der Waals surface area contributed by atoms with Gasteiger partial charge in [-0.15, -0.1) is 11.3 Å². The van der Waals surface area contributed by atoms with E-state index in [2.05, 4.69) is 4.99 Å². The first-order valence-corrected chi connectivity index (χ1v) is 10.4. The Hall–Kier alpha value is -2.48. The van der Waals surface area contributed by atoms with Crippen molar-refractivity contribution in [2.45, 2.75) is 26.8 Å². The van der Waals surface area contributed by atoms with Crippen LogP contribution in [0.1, 0.15) is 29.1 Å². The number of thiazole rings is 1. The Kier molecular flexibility index (Phi) is 6.52. The Labute approximate surface area is 181 Å². The van der Waals surface area contributed by atoms with Gasteiger partial charge in [0, 0.05) is 34.7 Å². The molecule has 3 aromatic rings. The monoisotopic (exact) mass is 449 g/mol. The van der Waals surface area contributed by atoms with Crippen molar-refractivity contribution in [3.63, 3.8) is 0 Å². The molecule has 1 amide bonds. The normalized spacial score (nSPS) is 11.7. The van der Waals surface area contributed by atoms with Crippen molar-refractivity contribution in [3.05, 3.63) is 77.9 Å². The number of hydrogen-bond acceptors (Lipinski definition) is 4. The van der Waals surface area contributed by atoms with Crippen LogP contribution in [0.25, 0.3) is 11.3 Å². The summed E-state index contributed by atoms with van der Waals surface area (Å²) in [5, 5.41) is 11.9. The summed E-state index contributed by atoms with van der Waals surface area (Å²) < 4.78 is 1.94. The Bertz CT molecular complexity index is 1170. The predicted molar refractivity (Wildman–Crippen MR) is 116 cm³/mol. The molecule has 0 aliphatic carbocycles. The van der Waals surface area contributed by atoms with Gasteiger partial charge < -0.3 is 4.57 Å². The molecule has 0 bridgehead atoms. The average molecular weight is 450 g/mol. The molecular formula is C20H17Cl2N3O3S. The number of carbonyl (C=O) groups excluding carboxylic acids is 1. The first-order chi connectivity index (χ1) is 13.8. The van der Waals surface area contributed by atoms with E-state index in [1.54, 1.807) is 12.1 Å². The van der Waals surface area contributed by atoms with Crippen molar-refractivity contribution in [1.82, 2.24) is 4.57 Å². The number of amides is 1. The molecule has 1 heterocycles. The highest BCUT2D eigenvalue weighted by Crippen LogP contribution is 2.32. The van der Waals surface area contributed by atoms with Gasteiger partial charge in [-0.05, 0) is 31.5 Å². The van der Waals surface area contributed by atoms with Gasteiger partial charge in [0.05, 0.1) is 20.7 Å². The van der Waals surface area contributed by atoms with Crippen LogP contribution < -0.4 is 4.80 Å². The second-order valence-corrected chi connectivity index (χ2v) is 7.98.